The second-order valence-electron chi connectivity index (χ2n) is 7.11. The molecule has 2 fully saturated rings. The van der Waals surface area contributed by atoms with E-state index in [1.807, 2.05) is 0 Å². The van der Waals surface area contributed by atoms with E-state index in [0.29, 0.717) is 17.6 Å². The van der Waals surface area contributed by atoms with E-state index in [9.17, 15) is 0 Å². The third-order valence-electron chi connectivity index (χ3n) is 5.71. The zero-order chi connectivity index (χ0) is 14.3. The minimum atomic E-state index is 0.363. The fraction of sp³-hybridized carbons (Fsp3) is 0.667. The minimum absolute atomic E-state index is 0.363. The molecule has 114 valence electrons. The number of hydrogen-bond acceptors (Lipinski definition) is 3. The van der Waals surface area contributed by atoms with Gasteiger partial charge in [-0.05, 0) is 25.8 Å². The summed E-state index contributed by atoms with van der Waals surface area (Å²) in [5.41, 5.74) is 1.75. The Morgan fingerprint density at radius 2 is 2.00 bits per heavy atom. The molecule has 3 nitrogen and oxygen atoms in total. The van der Waals surface area contributed by atoms with Crippen LogP contribution in [0.2, 0.25) is 0 Å². The van der Waals surface area contributed by atoms with E-state index in [1.54, 1.807) is 0 Å². The largest absolute Gasteiger partial charge is 0.491 e. The molecule has 1 aliphatic carbocycles. The van der Waals surface area contributed by atoms with Crippen LogP contribution in [-0.4, -0.2) is 36.2 Å². The van der Waals surface area contributed by atoms with Crippen LogP contribution in [0.15, 0.2) is 24.3 Å². The summed E-state index contributed by atoms with van der Waals surface area (Å²) >= 11 is 0. The van der Waals surface area contributed by atoms with Crippen molar-refractivity contribution in [1.29, 1.82) is 0 Å². The van der Waals surface area contributed by atoms with Gasteiger partial charge in [-0.1, -0.05) is 37.5 Å². The zero-order valence-corrected chi connectivity index (χ0v) is 13.0. The molecule has 4 rings (SSSR count). The Morgan fingerprint density at radius 3 is 2.86 bits per heavy atom. The smallest absolute Gasteiger partial charge is 0.124 e. The first-order valence-corrected chi connectivity index (χ1v) is 8.50. The molecule has 2 heterocycles. The fourth-order valence-corrected chi connectivity index (χ4v) is 4.44. The van der Waals surface area contributed by atoms with Crippen LogP contribution in [-0.2, 0) is 0 Å². The third kappa shape index (κ3) is 2.36. The SMILES string of the molecule is CC1CNC2(CCCCC2)CN1C1COc2ccccc21. The molecule has 0 bridgehead atoms. The molecule has 3 heteroatoms. The Hall–Kier alpha value is -1.06. The number of para-hydroxylation sites is 1. The molecule has 0 aromatic heterocycles. The highest BCUT2D eigenvalue weighted by molar-refractivity contribution is 5.39. The molecule has 0 radical (unpaired) electrons. The Bertz CT molecular complexity index is 510. The summed E-state index contributed by atoms with van der Waals surface area (Å²) in [5.74, 6) is 1.09. The van der Waals surface area contributed by atoms with Gasteiger partial charge in [-0.25, -0.2) is 0 Å². The molecule has 1 saturated heterocycles. The van der Waals surface area contributed by atoms with Crippen molar-refractivity contribution in [2.75, 3.05) is 19.7 Å². The van der Waals surface area contributed by atoms with E-state index in [0.717, 1.165) is 18.9 Å². The third-order valence-corrected chi connectivity index (χ3v) is 5.71. The lowest BCUT2D eigenvalue weighted by molar-refractivity contribution is 0.0237. The number of benzene rings is 1. The van der Waals surface area contributed by atoms with E-state index in [4.69, 9.17) is 4.74 Å². The Morgan fingerprint density at radius 1 is 1.19 bits per heavy atom. The molecule has 2 atom stereocenters. The van der Waals surface area contributed by atoms with Gasteiger partial charge in [0.1, 0.15) is 12.4 Å². The maximum absolute atomic E-state index is 5.93. The molecule has 1 spiro atoms. The van der Waals surface area contributed by atoms with E-state index >= 15 is 0 Å². The Kier molecular flexibility index (Phi) is 3.43. The molecule has 1 aromatic rings. The highest BCUT2D eigenvalue weighted by atomic mass is 16.5. The zero-order valence-electron chi connectivity index (χ0n) is 13.0. The maximum Gasteiger partial charge on any atom is 0.124 e. The van der Waals surface area contributed by atoms with Crippen molar-refractivity contribution < 1.29 is 4.74 Å². The van der Waals surface area contributed by atoms with Gasteiger partial charge in [0.25, 0.3) is 0 Å². The van der Waals surface area contributed by atoms with Crippen molar-refractivity contribution in [2.24, 2.45) is 0 Å². The normalized spacial score (nSPS) is 31.9. The van der Waals surface area contributed by atoms with E-state index in [2.05, 4.69) is 41.4 Å². The highest BCUT2D eigenvalue weighted by Crippen LogP contribution is 2.40. The van der Waals surface area contributed by atoms with Crippen molar-refractivity contribution >= 4 is 0 Å². The van der Waals surface area contributed by atoms with Gasteiger partial charge >= 0.3 is 0 Å². The molecule has 1 aromatic carbocycles. The van der Waals surface area contributed by atoms with Gasteiger partial charge in [0.2, 0.25) is 0 Å². The number of piperazine rings is 1. The number of hydrogen-bond donors (Lipinski definition) is 1. The number of ether oxygens (including phenoxy) is 1. The van der Waals surface area contributed by atoms with Crippen LogP contribution < -0.4 is 10.1 Å². The topological polar surface area (TPSA) is 24.5 Å². The number of fused-ring (bicyclic) bond motifs is 1. The van der Waals surface area contributed by atoms with Crippen LogP contribution in [0.5, 0.6) is 5.75 Å². The van der Waals surface area contributed by atoms with Crippen molar-refractivity contribution in [1.82, 2.24) is 10.2 Å². The van der Waals surface area contributed by atoms with Gasteiger partial charge in [0.15, 0.2) is 0 Å². The van der Waals surface area contributed by atoms with Crippen molar-refractivity contribution in [3.8, 4) is 5.75 Å². The molecule has 1 N–H and O–H groups in total. The van der Waals surface area contributed by atoms with Crippen molar-refractivity contribution in [2.45, 2.75) is 56.7 Å². The number of nitrogens with zero attached hydrogens (tertiary/aromatic N) is 1. The van der Waals surface area contributed by atoms with E-state index < -0.39 is 0 Å². The predicted octanol–water partition coefficient (Wildman–Crippen LogP) is 3.12. The summed E-state index contributed by atoms with van der Waals surface area (Å²) in [6.45, 7) is 5.46. The van der Waals surface area contributed by atoms with Gasteiger partial charge in [0.05, 0.1) is 6.04 Å². The van der Waals surface area contributed by atoms with Crippen LogP contribution in [0, 0.1) is 0 Å². The highest BCUT2D eigenvalue weighted by Gasteiger charge is 2.42. The lowest BCUT2D eigenvalue weighted by Gasteiger charge is -2.50. The van der Waals surface area contributed by atoms with E-state index in [1.165, 1.54) is 44.2 Å². The van der Waals surface area contributed by atoms with Gasteiger partial charge in [-0.15, -0.1) is 0 Å². The molecule has 2 aliphatic heterocycles. The summed E-state index contributed by atoms with van der Waals surface area (Å²) in [4.78, 5) is 2.70. The van der Waals surface area contributed by atoms with Crippen LogP contribution in [0.1, 0.15) is 50.6 Å². The summed E-state index contributed by atoms with van der Waals surface area (Å²) in [7, 11) is 0. The maximum atomic E-state index is 5.93. The standard InChI is InChI=1S/C18H26N2O/c1-14-11-19-18(9-5-2-6-10-18)13-20(14)16-12-21-17-8-4-3-7-15(16)17/h3-4,7-8,14,16,19H,2,5-6,9-13H2,1H3. The van der Waals surface area contributed by atoms with Gasteiger partial charge in [0, 0.05) is 30.2 Å². The van der Waals surface area contributed by atoms with Gasteiger partial charge in [-0.2, -0.15) is 0 Å². The minimum Gasteiger partial charge on any atom is -0.491 e. The lowest BCUT2D eigenvalue weighted by Crippen LogP contribution is -2.64. The van der Waals surface area contributed by atoms with Crippen LogP contribution in [0.3, 0.4) is 0 Å². The summed E-state index contributed by atoms with van der Waals surface area (Å²) in [6, 6.07) is 9.59. The van der Waals surface area contributed by atoms with E-state index in [-0.39, 0.29) is 0 Å². The van der Waals surface area contributed by atoms with Gasteiger partial charge in [-0.3, -0.25) is 4.90 Å². The van der Waals surface area contributed by atoms with Crippen molar-refractivity contribution in [3.05, 3.63) is 29.8 Å². The fourth-order valence-electron chi connectivity index (χ4n) is 4.44. The molecule has 1 saturated carbocycles. The molecular formula is C18H26N2O. The monoisotopic (exact) mass is 286 g/mol. The first-order valence-electron chi connectivity index (χ1n) is 8.50. The predicted molar refractivity (Wildman–Crippen MR) is 84.7 cm³/mol. The van der Waals surface area contributed by atoms with Crippen LogP contribution in [0.25, 0.3) is 0 Å². The summed E-state index contributed by atoms with van der Waals surface area (Å²) in [6.07, 6.45) is 6.85. The van der Waals surface area contributed by atoms with Gasteiger partial charge < -0.3 is 10.1 Å². The molecule has 21 heavy (non-hydrogen) atoms. The molecule has 0 amide bonds. The number of rotatable bonds is 1. The van der Waals surface area contributed by atoms with Crippen molar-refractivity contribution in [3.63, 3.8) is 0 Å². The van der Waals surface area contributed by atoms with Crippen LogP contribution in [0.4, 0.5) is 0 Å². The summed E-state index contributed by atoms with van der Waals surface area (Å²) in [5, 5.41) is 3.88. The second-order valence-corrected chi connectivity index (χ2v) is 7.11. The van der Waals surface area contributed by atoms with Crippen LogP contribution >= 0.6 is 0 Å². The first-order chi connectivity index (χ1) is 10.3. The second kappa shape index (κ2) is 5.29. The molecule has 2 unspecified atom stereocenters. The quantitative estimate of drug-likeness (QED) is 0.858. The molecule has 3 aliphatic rings. The average Bonchev–Trinajstić information content (AvgIpc) is 2.95. The first kappa shape index (κ1) is 13.6. The Labute approximate surface area is 127 Å². The average molecular weight is 286 g/mol. The lowest BCUT2D eigenvalue weighted by atomic mass is 9.79. The summed E-state index contributed by atoms with van der Waals surface area (Å²) < 4.78 is 5.93. The molecular weight excluding hydrogens is 260 g/mol. The Balaban J connectivity index is 1.59. The number of nitrogens with one attached hydrogen (secondary N) is 1.